The van der Waals surface area contributed by atoms with Gasteiger partial charge in [0.05, 0.1) is 7.11 Å². The number of nitrogens with zero attached hydrogens (tertiary/aromatic N) is 1. The molecule has 0 amide bonds. The molecule has 1 aliphatic carbocycles. The summed E-state index contributed by atoms with van der Waals surface area (Å²) >= 11 is 0. The maximum absolute atomic E-state index is 5.38. The zero-order valence-electron chi connectivity index (χ0n) is 10.6. The molecular weight excluding hydrogens is 224 g/mol. The second-order valence-electron chi connectivity index (χ2n) is 4.87. The van der Waals surface area contributed by atoms with E-state index in [4.69, 9.17) is 4.74 Å². The smallest absolute Gasteiger partial charge is 0.133 e. The van der Waals surface area contributed by atoms with Crippen LogP contribution >= 0.6 is 0 Å². The van der Waals surface area contributed by atoms with Gasteiger partial charge in [-0.15, -0.1) is 0 Å². The summed E-state index contributed by atoms with van der Waals surface area (Å²) in [5.74, 6) is 2.81. The first-order valence-electron chi connectivity index (χ1n) is 6.54. The third-order valence-corrected chi connectivity index (χ3v) is 3.53. The van der Waals surface area contributed by atoms with Gasteiger partial charge in [0.15, 0.2) is 0 Å². The standard InChI is InChI=1S/C15H18N2O/c1-18-14-4-2-3-13-12(14)8-10-17-15(13)16-9-7-11-5-6-11/h2-4,8,10-11H,5-7,9H2,1H3,(H,16,17). The van der Waals surface area contributed by atoms with Crippen molar-refractivity contribution in [3.05, 3.63) is 30.5 Å². The minimum Gasteiger partial charge on any atom is -0.496 e. The van der Waals surface area contributed by atoms with E-state index in [-0.39, 0.29) is 0 Å². The van der Waals surface area contributed by atoms with Gasteiger partial charge < -0.3 is 10.1 Å². The molecule has 3 nitrogen and oxygen atoms in total. The molecule has 0 saturated heterocycles. The van der Waals surface area contributed by atoms with Crippen LogP contribution in [0.4, 0.5) is 5.82 Å². The maximum atomic E-state index is 5.38. The molecule has 3 rings (SSSR count). The SMILES string of the molecule is COc1cccc2c(NCCC3CC3)nccc12. The molecule has 1 saturated carbocycles. The lowest BCUT2D eigenvalue weighted by Gasteiger charge is -2.10. The number of methoxy groups -OCH3 is 1. The summed E-state index contributed by atoms with van der Waals surface area (Å²) in [6.45, 7) is 1.01. The van der Waals surface area contributed by atoms with Crippen molar-refractivity contribution in [3.8, 4) is 5.75 Å². The number of pyridine rings is 1. The van der Waals surface area contributed by atoms with Crippen LogP contribution in [0.25, 0.3) is 10.8 Å². The van der Waals surface area contributed by atoms with Crippen LogP contribution in [0.1, 0.15) is 19.3 Å². The number of hydrogen-bond acceptors (Lipinski definition) is 3. The first kappa shape index (κ1) is 11.3. The molecule has 1 aliphatic rings. The lowest BCUT2D eigenvalue weighted by molar-refractivity contribution is 0.420. The van der Waals surface area contributed by atoms with E-state index in [1.165, 1.54) is 19.3 Å². The van der Waals surface area contributed by atoms with Crippen LogP contribution in [-0.4, -0.2) is 18.6 Å². The van der Waals surface area contributed by atoms with Gasteiger partial charge in [-0.05, 0) is 24.5 Å². The number of fused-ring (bicyclic) bond motifs is 1. The van der Waals surface area contributed by atoms with Crippen molar-refractivity contribution in [1.82, 2.24) is 4.98 Å². The van der Waals surface area contributed by atoms with E-state index in [9.17, 15) is 0 Å². The van der Waals surface area contributed by atoms with E-state index in [2.05, 4.69) is 16.4 Å². The van der Waals surface area contributed by atoms with Gasteiger partial charge in [0.2, 0.25) is 0 Å². The number of nitrogens with one attached hydrogen (secondary N) is 1. The minimum absolute atomic E-state index is 0.903. The summed E-state index contributed by atoms with van der Waals surface area (Å²) in [6, 6.07) is 8.08. The molecule has 94 valence electrons. The Morgan fingerprint density at radius 2 is 2.17 bits per heavy atom. The Morgan fingerprint density at radius 3 is 2.94 bits per heavy atom. The molecule has 0 spiro atoms. The molecule has 18 heavy (non-hydrogen) atoms. The molecule has 1 N–H and O–H groups in total. The molecule has 1 aromatic heterocycles. The zero-order valence-corrected chi connectivity index (χ0v) is 10.6. The topological polar surface area (TPSA) is 34.1 Å². The molecule has 2 aromatic rings. The summed E-state index contributed by atoms with van der Waals surface area (Å²) in [5, 5.41) is 5.69. The number of hydrogen-bond donors (Lipinski definition) is 1. The first-order chi connectivity index (χ1) is 8.88. The van der Waals surface area contributed by atoms with Crippen molar-refractivity contribution in [1.29, 1.82) is 0 Å². The quantitative estimate of drug-likeness (QED) is 0.872. The fourth-order valence-corrected chi connectivity index (χ4v) is 2.30. The Balaban J connectivity index is 1.85. The Labute approximate surface area is 107 Å². The normalized spacial score (nSPS) is 14.7. The Kier molecular flexibility index (Phi) is 3.05. The van der Waals surface area contributed by atoms with E-state index in [1.807, 2.05) is 24.4 Å². The first-order valence-corrected chi connectivity index (χ1v) is 6.54. The molecular formula is C15H18N2O. The van der Waals surface area contributed by atoms with Gasteiger partial charge in [0.1, 0.15) is 11.6 Å². The van der Waals surface area contributed by atoms with Gasteiger partial charge in [0.25, 0.3) is 0 Å². The highest BCUT2D eigenvalue weighted by Crippen LogP contribution is 2.33. The van der Waals surface area contributed by atoms with E-state index >= 15 is 0 Å². The number of ether oxygens (including phenoxy) is 1. The van der Waals surface area contributed by atoms with Crippen molar-refractivity contribution in [2.45, 2.75) is 19.3 Å². The van der Waals surface area contributed by atoms with Crippen LogP contribution in [0.2, 0.25) is 0 Å². The van der Waals surface area contributed by atoms with Gasteiger partial charge in [-0.1, -0.05) is 25.0 Å². The molecule has 1 aromatic carbocycles. The van der Waals surface area contributed by atoms with E-state index < -0.39 is 0 Å². The predicted octanol–water partition coefficient (Wildman–Crippen LogP) is 3.46. The second kappa shape index (κ2) is 4.84. The number of benzene rings is 1. The average Bonchev–Trinajstić information content (AvgIpc) is 3.22. The maximum Gasteiger partial charge on any atom is 0.133 e. The lowest BCUT2D eigenvalue weighted by Crippen LogP contribution is -2.04. The van der Waals surface area contributed by atoms with Crippen LogP contribution in [0, 0.1) is 5.92 Å². The molecule has 1 fully saturated rings. The molecule has 0 atom stereocenters. The van der Waals surface area contributed by atoms with E-state index in [0.717, 1.165) is 34.8 Å². The fraction of sp³-hybridized carbons (Fsp3) is 0.400. The fourth-order valence-electron chi connectivity index (χ4n) is 2.30. The van der Waals surface area contributed by atoms with Crippen LogP contribution in [0.15, 0.2) is 30.5 Å². The summed E-state index contributed by atoms with van der Waals surface area (Å²) in [4.78, 5) is 4.43. The van der Waals surface area contributed by atoms with Gasteiger partial charge in [-0.3, -0.25) is 0 Å². The van der Waals surface area contributed by atoms with Gasteiger partial charge in [-0.2, -0.15) is 0 Å². The predicted molar refractivity (Wildman–Crippen MR) is 74.1 cm³/mol. The minimum atomic E-state index is 0.903. The lowest BCUT2D eigenvalue weighted by atomic mass is 10.1. The third kappa shape index (κ3) is 2.26. The zero-order chi connectivity index (χ0) is 12.4. The molecule has 3 heteroatoms. The summed E-state index contributed by atoms with van der Waals surface area (Å²) in [7, 11) is 1.70. The molecule has 1 heterocycles. The summed E-state index contributed by atoms with van der Waals surface area (Å²) in [5.41, 5.74) is 0. The van der Waals surface area contributed by atoms with Crippen LogP contribution in [-0.2, 0) is 0 Å². The number of anilines is 1. The second-order valence-corrected chi connectivity index (χ2v) is 4.87. The van der Waals surface area contributed by atoms with Crippen molar-refractivity contribution >= 4 is 16.6 Å². The highest BCUT2D eigenvalue weighted by atomic mass is 16.5. The molecule has 0 radical (unpaired) electrons. The van der Waals surface area contributed by atoms with Gasteiger partial charge >= 0.3 is 0 Å². The third-order valence-electron chi connectivity index (χ3n) is 3.53. The van der Waals surface area contributed by atoms with E-state index in [1.54, 1.807) is 7.11 Å². The Bertz CT molecular complexity index is 549. The van der Waals surface area contributed by atoms with Crippen molar-refractivity contribution in [3.63, 3.8) is 0 Å². The van der Waals surface area contributed by atoms with Crippen LogP contribution < -0.4 is 10.1 Å². The highest BCUT2D eigenvalue weighted by Gasteiger charge is 2.20. The van der Waals surface area contributed by atoms with Gasteiger partial charge in [0, 0.05) is 23.5 Å². The largest absolute Gasteiger partial charge is 0.496 e. The summed E-state index contributed by atoms with van der Waals surface area (Å²) in [6.07, 6.45) is 5.89. The number of rotatable bonds is 5. The van der Waals surface area contributed by atoms with E-state index in [0.29, 0.717) is 0 Å². The summed E-state index contributed by atoms with van der Waals surface area (Å²) < 4.78 is 5.38. The number of aromatic nitrogens is 1. The van der Waals surface area contributed by atoms with Crippen molar-refractivity contribution in [2.75, 3.05) is 19.0 Å². The molecule has 0 bridgehead atoms. The Morgan fingerprint density at radius 1 is 1.28 bits per heavy atom. The van der Waals surface area contributed by atoms with Crippen molar-refractivity contribution < 1.29 is 4.74 Å². The highest BCUT2D eigenvalue weighted by molar-refractivity contribution is 5.95. The molecule has 0 unspecified atom stereocenters. The van der Waals surface area contributed by atoms with Gasteiger partial charge in [-0.25, -0.2) is 4.98 Å². The van der Waals surface area contributed by atoms with Crippen molar-refractivity contribution in [2.24, 2.45) is 5.92 Å². The van der Waals surface area contributed by atoms with Crippen LogP contribution in [0.5, 0.6) is 5.75 Å². The Hall–Kier alpha value is -1.77. The average molecular weight is 242 g/mol. The van der Waals surface area contributed by atoms with Crippen LogP contribution in [0.3, 0.4) is 0 Å². The monoisotopic (exact) mass is 242 g/mol. The molecule has 0 aliphatic heterocycles.